The topological polar surface area (TPSA) is 47.6 Å². The van der Waals surface area contributed by atoms with Crippen LogP contribution in [-0.4, -0.2) is 19.6 Å². The number of rotatable bonds is 7. The molecule has 1 N–H and O–H groups in total. The maximum Gasteiger partial charge on any atom is 0.253 e. The fraction of sp³-hybridized carbons (Fsp3) is 0.350. The molecule has 0 aliphatic carbocycles. The summed E-state index contributed by atoms with van der Waals surface area (Å²) in [5.74, 6) is 0.750. The molecule has 128 valence electrons. The summed E-state index contributed by atoms with van der Waals surface area (Å²) in [5.41, 5.74) is 4.10. The molecule has 0 heterocycles. The average Bonchev–Trinajstić information content (AvgIpc) is 2.57. The Hall–Kier alpha value is -2.33. The van der Waals surface area contributed by atoms with Crippen LogP contribution in [0.15, 0.2) is 42.5 Å². The number of carbonyl (C=O) groups excluding carboxylic acids is 1. The van der Waals surface area contributed by atoms with Gasteiger partial charge in [-0.2, -0.15) is 0 Å². The highest BCUT2D eigenvalue weighted by Crippen LogP contribution is 2.22. The first-order chi connectivity index (χ1) is 11.5. The highest BCUT2D eigenvalue weighted by molar-refractivity contribution is 5.82. The van der Waals surface area contributed by atoms with Crippen molar-refractivity contribution in [3.63, 3.8) is 0 Å². The average molecular weight is 327 g/mol. The zero-order valence-corrected chi connectivity index (χ0v) is 14.8. The van der Waals surface area contributed by atoms with E-state index in [-0.39, 0.29) is 5.91 Å². The second kappa shape index (κ2) is 8.50. The zero-order valence-electron chi connectivity index (χ0n) is 14.8. The van der Waals surface area contributed by atoms with Crippen LogP contribution in [0.3, 0.4) is 0 Å². The molecule has 0 aliphatic rings. The first-order valence-electron chi connectivity index (χ1n) is 8.14. The minimum absolute atomic E-state index is 0.132. The molecule has 0 bridgehead atoms. The lowest BCUT2D eigenvalue weighted by Gasteiger charge is -2.16. The molecule has 1 amide bonds. The lowest BCUT2D eigenvalue weighted by Crippen LogP contribution is -2.30. The summed E-state index contributed by atoms with van der Waals surface area (Å²) in [5, 5.41) is 2.79. The normalized spacial score (nSPS) is 11.8. The van der Waals surface area contributed by atoms with Gasteiger partial charge in [-0.25, -0.2) is 0 Å². The van der Waals surface area contributed by atoms with Crippen LogP contribution in [-0.2, 0) is 16.1 Å². The Morgan fingerprint density at radius 2 is 1.96 bits per heavy atom. The summed E-state index contributed by atoms with van der Waals surface area (Å²) in [6.07, 6.45) is -0.606. The van der Waals surface area contributed by atoms with Crippen molar-refractivity contribution in [3.8, 4) is 5.75 Å². The van der Waals surface area contributed by atoms with Crippen LogP contribution >= 0.6 is 0 Å². The number of hydrogen-bond acceptors (Lipinski definition) is 3. The van der Waals surface area contributed by atoms with Crippen molar-refractivity contribution in [2.75, 3.05) is 13.7 Å². The highest BCUT2D eigenvalue weighted by atomic mass is 16.5. The third-order valence-electron chi connectivity index (χ3n) is 3.82. The molecule has 4 heteroatoms. The van der Waals surface area contributed by atoms with E-state index in [1.54, 1.807) is 7.11 Å². The molecule has 1 unspecified atom stereocenters. The predicted molar refractivity (Wildman–Crippen MR) is 95.1 cm³/mol. The Balaban J connectivity index is 2.12. The van der Waals surface area contributed by atoms with E-state index in [4.69, 9.17) is 9.47 Å². The molecule has 0 aliphatic heterocycles. The fourth-order valence-corrected chi connectivity index (χ4v) is 2.53. The molecule has 2 aromatic carbocycles. The Bertz CT molecular complexity index is 697. The number of methoxy groups -OCH3 is 1. The number of nitrogens with one attached hydrogen (secondary N) is 1. The van der Waals surface area contributed by atoms with Gasteiger partial charge in [-0.15, -0.1) is 0 Å². The van der Waals surface area contributed by atoms with E-state index in [9.17, 15) is 4.79 Å². The highest BCUT2D eigenvalue weighted by Gasteiger charge is 2.19. The number of likely N-dealkylation sites (N-methyl/N-ethyl adjacent to an activating group) is 1. The van der Waals surface area contributed by atoms with Gasteiger partial charge in [0.05, 0.1) is 0 Å². The van der Waals surface area contributed by atoms with Gasteiger partial charge in [0.15, 0.2) is 6.10 Å². The minimum Gasteiger partial charge on any atom is -0.489 e. The number of amides is 1. The number of ether oxygens (including phenoxy) is 2. The molecule has 2 rings (SSSR count). The van der Waals surface area contributed by atoms with Crippen LogP contribution in [0.4, 0.5) is 0 Å². The summed E-state index contributed by atoms with van der Waals surface area (Å²) in [6, 6.07) is 13.9. The van der Waals surface area contributed by atoms with E-state index in [0.717, 1.165) is 22.4 Å². The van der Waals surface area contributed by atoms with E-state index in [2.05, 4.69) is 17.4 Å². The number of carbonyl (C=O) groups is 1. The summed E-state index contributed by atoms with van der Waals surface area (Å²) < 4.78 is 11.3. The SMILES string of the molecule is CCNC(=O)C(OC)c1cccc(COc2cc(C)ccc2C)c1. The molecule has 0 saturated carbocycles. The molecule has 1 atom stereocenters. The third kappa shape index (κ3) is 4.59. The van der Waals surface area contributed by atoms with Gasteiger partial charge >= 0.3 is 0 Å². The Kier molecular flexibility index (Phi) is 6.38. The maximum absolute atomic E-state index is 12.1. The molecule has 0 saturated heterocycles. The Morgan fingerprint density at radius 1 is 1.17 bits per heavy atom. The molecule has 0 spiro atoms. The molecular weight excluding hydrogens is 302 g/mol. The minimum atomic E-state index is -0.606. The molecule has 4 nitrogen and oxygen atoms in total. The van der Waals surface area contributed by atoms with Gasteiger partial charge in [-0.1, -0.05) is 30.3 Å². The van der Waals surface area contributed by atoms with Crippen LogP contribution in [0.25, 0.3) is 0 Å². The molecule has 0 radical (unpaired) electrons. The van der Waals surface area contributed by atoms with Crippen LogP contribution in [0.5, 0.6) is 5.75 Å². The first-order valence-corrected chi connectivity index (χ1v) is 8.14. The van der Waals surface area contributed by atoms with Gasteiger partial charge in [0.2, 0.25) is 0 Å². The quantitative estimate of drug-likeness (QED) is 0.843. The van der Waals surface area contributed by atoms with Gasteiger partial charge in [0.25, 0.3) is 5.91 Å². The van der Waals surface area contributed by atoms with Crippen molar-refractivity contribution < 1.29 is 14.3 Å². The van der Waals surface area contributed by atoms with Gasteiger partial charge in [0, 0.05) is 13.7 Å². The van der Waals surface area contributed by atoms with E-state index >= 15 is 0 Å². The molecular formula is C20H25NO3. The Morgan fingerprint density at radius 3 is 2.67 bits per heavy atom. The number of hydrogen-bond donors (Lipinski definition) is 1. The Labute approximate surface area is 143 Å². The largest absolute Gasteiger partial charge is 0.489 e. The van der Waals surface area contributed by atoms with Crippen LogP contribution in [0, 0.1) is 13.8 Å². The van der Waals surface area contributed by atoms with Crippen molar-refractivity contribution in [1.82, 2.24) is 5.32 Å². The summed E-state index contributed by atoms with van der Waals surface area (Å²) >= 11 is 0. The van der Waals surface area contributed by atoms with Gasteiger partial charge in [0.1, 0.15) is 12.4 Å². The number of aryl methyl sites for hydroxylation is 2. The van der Waals surface area contributed by atoms with Crippen molar-refractivity contribution in [2.45, 2.75) is 33.5 Å². The summed E-state index contributed by atoms with van der Waals surface area (Å²) in [4.78, 5) is 12.1. The van der Waals surface area contributed by atoms with Crippen molar-refractivity contribution in [1.29, 1.82) is 0 Å². The van der Waals surface area contributed by atoms with Crippen molar-refractivity contribution in [2.24, 2.45) is 0 Å². The smallest absolute Gasteiger partial charge is 0.253 e. The summed E-state index contributed by atoms with van der Waals surface area (Å²) in [6.45, 7) is 6.99. The first kappa shape index (κ1) is 18.0. The van der Waals surface area contributed by atoms with E-state index in [1.807, 2.05) is 51.1 Å². The van der Waals surface area contributed by atoms with E-state index < -0.39 is 6.10 Å². The van der Waals surface area contributed by atoms with Crippen molar-refractivity contribution in [3.05, 3.63) is 64.7 Å². The molecule has 0 fully saturated rings. The van der Waals surface area contributed by atoms with Crippen LogP contribution < -0.4 is 10.1 Å². The monoisotopic (exact) mass is 327 g/mol. The van der Waals surface area contributed by atoms with Crippen molar-refractivity contribution >= 4 is 5.91 Å². The molecule has 2 aromatic rings. The second-order valence-electron chi connectivity index (χ2n) is 5.81. The third-order valence-corrected chi connectivity index (χ3v) is 3.82. The second-order valence-corrected chi connectivity index (χ2v) is 5.81. The van der Waals surface area contributed by atoms with Crippen LogP contribution in [0.2, 0.25) is 0 Å². The number of benzene rings is 2. The fourth-order valence-electron chi connectivity index (χ4n) is 2.53. The van der Waals surface area contributed by atoms with Gasteiger partial charge in [-0.05, 0) is 55.2 Å². The lowest BCUT2D eigenvalue weighted by atomic mass is 10.1. The van der Waals surface area contributed by atoms with Gasteiger partial charge < -0.3 is 14.8 Å². The molecule has 24 heavy (non-hydrogen) atoms. The molecule has 0 aromatic heterocycles. The summed E-state index contributed by atoms with van der Waals surface area (Å²) in [7, 11) is 1.54. The van der Waals surface area contributed by atoms with Gasteiger partial charge in [-0.3, -0.25) is 4.79 Å². The van der Waals surface area contributed by atoms with E-state index in [0.29, 0.717) is 13.2 Å². The maximum atomic E-state index is 12.1. The lowest BCUT2D eigenvalue weighted by molar-refractivity contribution is -0.131. The zero-order chi connectivity index (χ0) is 17.5. The standard InChI is InChI=1S/C20H25NO3/c1-5-21-20(22)19(23-4)17-8-6-7-16(12-17)13-24-18-11-14(2)9-10-15(18)3/h6-12,19H,5,13H2,1-4H3,(H,21,22). The van der Waals surface area contributed by atoms with Crippen LogP contribution in [0.1, 0.15) is 35.3 Å². The predicted octanol–water partition coefficient (Wildman–Crippen LogP) is 3.71. The van der Waals surface area contributed by atoms with E-state index in [1.165, 1.54) is 5.56 Å².